The molecule has 20 heavy (non-hydrogen) atoms. The molecule has 1 aromatic heterocycles. The van der Waals surface area contributed by atoms with Crippen molar-refractivity contribution in [2.45, 2.75) is 6.92 Å². The highest BCUT2D eigenvalue weighted by molar-refractivity contribution is 9.10. The zero-order chi connectivity index (χ0) is 14.3. The van der Waals surface area contributed by atoms with Gasteiger partial charge in [-0.25, -0.2) is 4.39 Å². The van der Waals surface area contributed by atoms with Gasteiger partial charge >= 0.3 is 0 Å². The van der Waals surface area contributed by atoms with E-state index >= 15 is 0 Å². The largest absolute Gasteiger partial charge is 0.453 e. The van der Waals surface area contributed by atoms with E-state index in [1.165, 1.54) is 18.2 Å². The van der Waals surface area contributed by atoms with Gasteiger partial charge < -0.3 is 4.42 Å². The van der Waals surface area contributed by atoms with E-state index in [0.717, 1.165) is 10.0 Å². The number of hydrogen-bond donors (Lipinski definition) is 0. The van der Waals surface area contributed by atoms with E-state index in [4.69, 9.17) is 4.42 Å². The number of fused-ring (bicyclic) bond motifs is 1. The molecular weight excluding hydrogens is 323 g/mol. The van der Waals surface area contributed by atoms with Crippen molar-refractivity contribution in [3.8, 4) is 0 Å². The molecule has 0 saturated heterocycles. The first-order chi connectivity index (χ1) is 9.54. The van der Waals surface area contributed by atoms with E-state index in [0.29, 0.717) is 16.5 Å². The first kappa shape index (κ1) is 13.1. The minimum absolute atomic E-state index is 0.202. The summed E-state index contributed by atoms with van der Waals surface area (Å²) >= 11 is 3.36. The molecule has 0 aliphatic rings. The molecule has 2 aromatic carbocycles. The molecule has 0 bridgehead atoms. The number of hydrogen-bond acceptors (Lipinski definition) is 2. The third-order valence-electron chi connectivity index (χ3n) is 3.14. The standard InChI is InChI=1S/C16H10BrFO2/c1-9-6-11(17)2-4-13(9)16(19)15-8-10-7-12(18)3-5-14(10)20-15/h2-8H,1H3. The van der Waals surface area contributed by atoms with Crippen LogP contribution in [0.15, 0.2) is 51.4 Å². The van der Waals surface area contributed by atoms with Gasteiger partial charge in [-0.15, -0.1) is 0 Å². The number of ketones is 1. The first-order valence-electron chi connectivity index (χ1n) is 6.04. The van der Waals surface area contributed by atoms with Crippen LogP contribution in [0.4, 0.5) is 4.39 Å². The van der Waals surface area contributed by atoms with Crippen LogP contribution in [0.2, 0.25) is 0 Å². The molecule has 0 atom stereocenters. The Labute approximate surface area is 123 Å². The maximum atomic E-state index is 13.1. The van der Waals surface area contributed by atoms with Crippen molar-refractivity contribution in [3.05, 3.63) is 69.6 Å². The maximum absolute atomic E-state index is 13.1. The lowest BCUT2D eigenvalue weighted by molar-refractivity contribution is 0.101. The first-order valence-corrected chi connectivity index (χ1v) is 6.84. The Balaban J connectivity index is 2.08. The predicted molar refractivity (Wildman–Crippen MR) is 78.5 cm³/mol. The smallest absolute Gasteiger partial charge is 0.228 e. The Morgan fingerprint density at radius 1 is 1.15 bits per heavy atom. The van der Waals surface area contributed by atoms with Gasteiger partial charge in [-0.2, -0.15) is 0 Å². The molecule has 1 heterocycles. The van der Waals surface area contributed by atoms with Gasteiger partial charge in [0.15, 0.2) is 5.76 Å². The summed E-state index contributed by atoms with van der Waals surface area (Å²) in [6.45, 7) is 1.86. The molecule has 0 unspecified atom stereocenters. The lowest BCUT2D eigenvalue weighted by atomic mass is 10.0. The molecule has 0 radical (unpaired) electrons. The van der Waals surface area contributed by atoms with Crippen LogP contribution in [0, 0.1) is 12.7 Å². The second-order valence-corrected chi connectivity index (χ2v) is 5.50. The molecule has 0 spiro atoms. The minimum atomic E-state index is -0.350. The Morgan fingerprint density at radius 2 is 1.95 bits per heavy atom. The van der Waals surface area contributed by atoms with Gasteiger partial charge in [-0.1, -0.05) is 15.9 Å². The van der Waals surface area contributed by atoms with Gasteiger partial charge in [0, 0.05) is 15.4 Å². The Morgan fingerprint density at radius 3 is 2.70 bits per heavy atom. The second kappa shape index (κ2) is 4.87. The van der Waals surface area contributed by atoms with Crippen molar-refractivity contribution in [1.82, 2.24) is 0 Å². The summed E-state index contributed by atoms with van der Waals surface area (Å²) in [6.07, 6.45) is 0. The lowest BCUT2D eigenvalue weighted by Crippen LogP contribution is -2.02. The summed E-state index contributed by atoms with van der Waals surface area (Å²) in [7, 11) is 0. The summed E-state index contributed by atoms with van der Waals surface area (Å²) in [4.78, 5) is 12.4. The van der Waals surface area contributed by atoms with Gasteiger partial charge in [0.25, 0.3) is 0 Å². The fourth-order valence-corrected chi connectivity index (χ4v) is 2.62. The highest BCUT2D eigenvalue weighted by Crippen LogP contribution is 2.24. The minimum Gasteiger partial charge on any atom is -0.453 e. The second-order valence-electron chi connectivity index (χ2n) is 4.58. The highest BCUT2D eigenvalue weighted by Gasteiger charge is 2.16. The quantitative estimate of drug-likeness (QED) is 0.626. The third kappa shape index (κ3) is 2.27. The fraction of sp³-hybridized carbons (Fsp3) is 0.0625. The van der Waals surface area contributed by atoms with Crippen LogP contribution in [0.1, 0.15) is 21.7 Å². The summed E-state index contributed by atoms with van der Waals surface area (Å²) in [5, 5.41) is 0.586. The van der Waals surface area contributed by atoms with Crippen molar-refractivity contribution in [2.75, 3.05) is 0 Å². The number of rotatable bonds is 2. The summed E-state index contributed by atoms with van der Waals surface area (Å²) in [5.41, 5.74) is 1.94. The molecule has 0 aliphatic heterocycles. The molecule has 0 amide bonds. The number of furan rings is 1. The number of benzene rings is 2. The average molecular weight is 333 g/mol. The van der Waals surface area contributed by atoms with Crippen LogP contribution in [0.5, 0.6) is 0 Å². The van der Waals surface area contributed by atoms with Gasteiger partial charge in [-0.05, 0) is 55.0 Å². The highest BCUT2D eigenvalue weighted by atomic mass is 79.9. The van der Waals surface area contributed by atoms with Crippen molar-refractivity contribution >= 4 is 32.7 Å². The average Bonchev–Trinajstić information content (AvgIpc) is 2.81. The Bertz CT molecular complexity index is 820. The van der Waals surface area contributed by atoms with E-state index < -0.39 is 0 Å². The SMILES string of the molecule is Cc1cc(Br)ccc1C(=O)c1cc2cc(F)ccc2o1. The molecule has 2 nitrogen and oxygen atoms in total. The number of aryl methyl sites for hydroxylation is 1. The van der Waals surface area contributed by atoms with Gasteiger partial charge in [0.1, 0.15) is 11.4 Å². The summed E-state index contributed by atoms with van der Waals surface area (Å²) in [5.74, 6) is -0.334. The van der Waals surface area contributed by atoms with Crippen molar-refractivity contribution in [2.24, 2.45) is 0 Å². The topological polar surface area (TPSA) is 30.2 Å². The van der Waals surface area contributed by atoms with Gasteiger partial charge in [0.05, 0.1) is 0 Å². The van der Waals surface area contributed by atoms with E-state index in [-0.39, 0.29) is 17.4 Å². The van der Waals surface area contributed by atoms with Crippen LogP contribution in [-0.4, -0.2) is 5.78 Å². The number of halogens is 2. The van der Waals surface area contributed by atoms with E-state index in [1.807, 2.05) is 19.1 Å². The fourth-order valence-electron chi connectivity index (χ4n) is 2.14. The zero-order valence-corrected chi connectivity index (χ0v) is 12.2. The lowest BCUT2D eigenvalue weighted by Gasteiger charge is -2.03. The number of carbonyl (C=O) groups is 1. The van der Waals surface area contributed by atoms with Crippen LogP contribution < -0.4 is 0 Å². The van der Waals surface area contributed by atoms with Gasteiger partial charge in [0.2, 0.25) is 5.78 Å². The monoisotopic (exact) mass is 332 g/mol. The molecule has 3 rings (SSSR count). The van der Waals surface area contributed by atoms with Crippen molar-refractivity contribution in [1.29, 1.82) is 0 Å². The van der Waals surface area contributed by atoms with E-state index in [1.54, 1.807) is 12.1 Å². The summed E-state index contributed by atoms with van der Waals surface area (Å²) in [6, 6.07) is 11.2. The van der Waals surface area contributed by atoms with Crippen LogP contribution >= 0.6 is 15.9 Å². The third-order valence-corrected chi connectivity index (χ3v) is 3.63. The Kier molecular flexibility index (Phi) is 3.18. The van der Waals surface area contributed by atoms with Crippen LogP contribution in [0.25, 0.3) is 11.0 Å². The molecule has 0 fully saturated rings. The van der Waals surface area contributed by atoms with E-state index in [9.17, 15) is 9.18 Å². The van der Waals surface area contributed by atoms with Crippen LogP contribution in [-0.2, 0) is 0 Å². The van der Waals surface area contributed by atoms with Crippen LogP contribution in [0.3, 0.4) is 0 Å². The molecule has 0 aliphatic carbocycles. The molecule has 100 valence electrons. The van der Waals surface area contributed by atoms with Gasteiger partial charge in [-0.3, -0.25) is 4.79 Å². The predicted octanol–water partition coefficient (Wildman–Crippen LogP) is 4.87. The summed E-state index contributed by atoms with van der Waals surface area (Å²) < 4.78 is 19.6. The Hall–Kier alpha value is -1.94. The molecule has 3 aromatic rings. The molecule has 0 saturated carbocycles. The molecule has 0 N–H and O–H groups in total. The van der Waals surface area contributed by atoms with Crippen molar-refractivity contribution < 1.29 is 13.6 Å². The zero-order valence-electron chi connectivity index (χ0n) is 10.6. The maximum Gasteiger partial charge on any atom is 0.228 e. The van der Waals surface area contributed by atoms with Crippen molar-refractivity contribution in [3.63, 3.8) is 0 Å². The number of carbonyl (C=O) groups excluding carboxylic acids is 1. The molecular formula is C16H10BrFO2. The molecule has 4 heteroatoms. The normalized spacial score (nSPS) is 10.9. The van der Waals surface area contributed by atoms with E-state index in [2.05, 4.69) is 15.9 Å².